The molecule has 0 spiro atoms. The molecule has 1 saturated heterocycles. The summed E-state index contributed by atoms with van der Waals surface area (Å²) in [6.45, 7) is 2.53. The van der Waals surface area contributed by atoms with Crippen molar-refractivity contribution in [2.24, 2.45) is 5.92 Å². The Kier molecular flexibility index (Phi) is 3.47. The minimum atomic E-state index is -0.841. The van der Waals surface area contributed by atoms with E-state index in [0.717, 1.165) is 6.42 Å². The average Bonchev–Trinajstić information content (AvgIpc) is 2.84. The van der Waals surface area contributed by atoms with Gasteiger partial charge in [-0.3, -0.25) is 4.79 Å². The van der Waals surface area contributed by atoms with E-state index in [2.05, 4.69) is 5.32 Å². The lowest BCUT2D eigenvalue weighted by atomic mass is 10.0. The number of carboxylic acid groups (broad SMARTS) is 1. The predicted octanol–water partition coefficient (Wildman–Crippen LogP) is 0.406. The Labute approximate surface area is 106 Å². The summed E-state index contributed by atoms with van der Waals surface area (Å²) in [7, 11) is 0. The molecule has 102 valence electrons. The summed E-state index contributed by atoms with van der Waals surface area (Å²) in [6, 6.07) is -0.536. The molecule has 18 heavy (non-hydrogen) atoms. The van der Waals surface area contributed by atoms with Crippen LogP contribution in [-0.4, -0.2) is 51.8 Å². The van der Waals surface area contributed by atoms with Gasteiger partial charge in [0.15, 0.2) is 0 Å². The number of rotatable bonds is 2. The van der Waals surface area contributed by atoms with Crippen LogP contribution in [0.5, 0.6) is 0 Å². The van der Waals surface area contributed by atoms with Gasteiger partial charge in [0.05, 0.1) is 18.1 Å². The third-order valence-corrected chi connectivity index (χ3v) is 3.88. The molecular formula is C12H20N2O4. The van der Waals surface area contributed by atoms with E-state index < -0.39 is 17.5 Å². The third-order valence-electron chi connectivity index (χ3n) is 3.88. The first-order valence-electron chi connectivity index (χ1n) is 6.40. The van der Waals surface area contributed by atoms with Gasteiger partial charge in [-0.25, -0.2) is 4.79 Å². The van der Waals surface area contributed by atoms with Crippen LogP contribution in [0.4, 0.5) is 4.79 Å². The van der Waals surface area contributed by atoms with Crippen molar-refractivity contribution >= 4 is 12.0 Å². The van der Waals surface area contributed by atoms with Crippen LogP contribution in [0.3, 0.4) is 0 Å². The lowest BCUT2D eigenvalue weighted by Gasteiger charge is -2.23. The van der Waals surface area contributed by atoms with E-state index in [0.29, 0.717) is 32.4 Å². The van der Waals surface area contributed by atoms with Crippen LogP contribution in [0.15, 0.2) is 0 Å². The molecule has 1 aliphatic heterocycles. The van der Waals surface area contributed by atoms with Gasteiger partial charge in [-0.15, -0.1) is 0 Å². The lowest BCUT2D eigenvalue weighted by molar-refractivity contribution is -0.142. The highest BCUT2D eigenvalue weighted by molar-refractivity contribution is 5.77. The van der Waals surface area contributed by atoms with E-state index in [9.17, 15) is 14.7 Å². The Balaban J connectivity index is 1.90. The number of aliphatic hydroxyl groups is 1. The fourth-order valence-electron chi connectivity index (χ4n) is 2.80. The quantitative estimate of drug-likeness (QED) is 0.667. The van der Waals surface area contributed by atoms with E-state index in [1.54, 1.807) is 11.8 Å². The number of nitrogens with zero attached hydrogens (tertiary/aromatic N) is 1. The van der Waals surface area contributed by atoms with Crippen molar-refractivity contribution < 1.29 is 19.8 Å². The average molecular weight is 256 g/mol. The summed E-state index contributed by atoms with van der Waals surface area (Å²) >= 11 is 0. The van der Waals surface area contributed by atoms with Crippen LogP contribution in [0, 0.1) is 5.92 Å². The second-order valence-corrected chi connectivity index (χ2v) is 5.60. The van der Waals surface area contributed by atoms with E-state index >= 15 is 0 Å². The summed E-state index contributed by atoms with van der Waals surface area (Å²) in [5.41, 5.74) is -0.820. The zero-order valence-electron chi connectivity index (χ0n) is 10.6. The number of carboxylic acids is 1. The molecular weight excluding hydrogens is 236 g/mol. The van der Waals surface area contributed by atoms with E-state index in [4.69, 9.17) is 5.11 Å². The molecule has 2 rings (SSSR count). The molecule has 2 fully saturated rings. The molecule has 0 aromatic heterocycles. The summed E-state index contributed by atoms with van der Waals surface area (Å²) in [6.07, 6.45) is 2.73. The van der Waals surface area contributed by atoms with Crippen molar-refractivity contribution in [1.29, 1.82) is 0 Å². The maximum absolute atomic E-state index is 12.0. The molecule has 6 heteroatoms. The van der Waals surface area contributed by atoms with Gasteiger partial charge in [0.2, 0.25) is 0 Å². The van der Waals surface area contributed by atoms with Gasteiger partial charge in [0.25, 0.3) is 0 Å². The van der Waals surface area contributed by atoms with Gasteiger partial charge < -0.3 is 20.4 Å². The number of carbonyl (C=O) groups is 2. The molecule has 1 aliphatic carbocycles. The highest BCUT2D eigenvalue weighted by Crippen LogP contribution is 2.27. The third kappa shape index (κ3) is 2.75. The molecule has 0 radical (unpaired) electrons. The van der Waals surface area contributed by atoms with Crippen molar-refractivity contribution in [1.82, 2.24) is 10.2 Å². The highest BCUT2D eigenvalue weighted by atomic mass is 16.4. The maximum atomic E-state index is 12.0. The SMILES string of the molecule is CC1(O)CCN(C(=O)NC2CCCC2C(=O)O)C1. The summed E-state index contributed by atoms with van der Waals surface area (Å²) in [5, 5.41) is 21.6. The van der Waals surface area contributed by atoms with E-state index in [1.165, 1.54) is 0 Å². The Hall–Kier alpha value is -1.30. The van der Waals surface area contributed by atoms with Crippen LogP contribution in [0.25, 0.3) is 0 Å². The number of β-amino-alcohol motifs (C(OH)–C–C–N with tert-alkyl or cyclic N) is 1. The molecule has 2 aliphatic rings. The highest BCUT2D eigenvalue weighted by Gasteiger charge is 2.38. The number of carbonyl (C=O) groups excluding carboxylic acids is 1. The molecule has 6 nitrogen and oxygen atoms in total. The predicted molar refractivity (Wildman–Crippen MR) is 64.1 cm³/mol. The molecule has 3 atom stereocenters. The fraction of sp³-hybridized carbons (Fsp3) is 0.833. The first kappa shape index (κ1) is 13.1. The van der Waals surface area contributed by atoms with Crippen LogP contribution >= 0.6 is 0 Å². The van der Waals surface area contributed by atoms with Gasteiger partial charge >= 0.3 is 12.0 Å². The van der Waals surface area contributed by atoms with Crippen molar-refractivity contribution in [2.45, 2.75) is 44.2 Å². The minimum absolute atomic E-state index is 0.258. The van der Waals surface area contributed by atoms with E-state index in [-0.39, 0.29) is 12.1 Å². The number of aliphatic carboxylic acids is 1. The molecule has 0 aromatic carbocycles. The second-order valence-electron chi connectivity index (χ2n) is 5.60. The number of hydrogen-bond acceptors (Lipinski definition) is 3. The van der Waals surface area contributed by atoms with Crippen molar-refractivity contribution in [2.75, 3.05) is 13.1 Å². The van der Waals surface area contributed by atoms with Gasteiger partial charge in [-0.05, 0) is 26.2 Å². The Bertz CT molecular complexity index is 356. The normalized spacial score (nSPS) is 35.8. The van der Waals surface area contributed by atoms with Gasteiger partial charge in [0, 0.05) is 12.6 Å². The number of hydrogen-bond donors (Lipinski definition) is 3. The molecule has 2 amide bonds. The van der Waals surface area contributed by atoms with E-state index in [1.807, 2.05) is 0 Å². The van der Waals surface area contributed by atoms with Gasteiger partial charge in [-0.1, -0.05) is 6.42 Å². The summed E-state index contributed by atoms with van der Waals surface area (Å²) < 4.78 is 0. The topological polar surface area (TPSA) is 89.9 Å². The molecule has 3 unspecified atom stereocenters. The number of urea groups is 1. The smallest absolute Gasteiger partial charge is 0.317 e. The molecule has 0 aromatic rings. The lowest BCUT2D eigenvalue weighted by Crippen LogP contribution is -2.47. The van der Waals surface area contributed by atoms with Gasteiger partial charge in [-0.2, -0.15) is 0 Å². The van der Waals surface area contributed by atoms with Crippen LogP contribution in [0.2, 0.25) is 0 Å². The second kappa shape index (κ2) is 4.76. The number of amides is 2. The summed E-state index contributed by atoms with van der Waals surface area (Å²) in [5.74, 6) is -1.32. The minimum Gasteiger partial charge on any atom is -0.481 e. The number of nitrogens with one attached hydrogen (secondary N) is 1. The fourth-order valence-corrected chi connectivity index (χ4v) is 2.80. The monoisotopic (exact) mass is 256 g/mol. The summed E-state index contributed by atoms with van der Waals surface area (Å²) in [4.78, 5) is 24.5. The molecule has 0 bridgehead atoms. The number of likely N-dealkylation sites (tertiary alicyclic amines) is 1. The van der Waals surface area contributed by atoms with Crippen LogP contribution in [0.1, 0.15) is 32.6 Å². The van der Waals surface area contributed by atoms with Crippen molar-refractivity contribution in [3.05, 3.63) is 0 Å². The Morgan fingerprint density at radius 3 is 2.67 bits per heavy atom. The first-order chi connectivity index (χ1) is 8.39. The Morgan fingerprint density at radius 1 is 1.39 bits per heavy atom. The standard InChI is InChI=1S/C12H20N2O4/c1-12(18)5-6-14(7-12)11(17)13-9-4-2-3-8(9)10(15)16/h8-9,18H,2-7H2,1H3,(H,13,17)(H,15,16). The molecule has 1 heterocycles. The zero-order valence-corrected chi connectivity index (χ0v) is 10.6. The zero-order chi connectivity index (χ0) is 13.3. The molecule has 1 saturated carbocycles. The Morgan fingerprint density at radius 2 is 2.11 bits per heavy atom. The maximum Gasteiger partial charge on any atom is 0.317 e. The van der Waals surface area contributed by atoms with Crippen molar-refractivity contribution in [3.8, 4) is 0 Å². The van der Waals surface area contributed by atoms with Crippen molar-refractivity contribution in [3.63, 3.8) is 0 Å². The van der Waals surface area contributed by atoms with Crippen LogP contribution < -0.4 is 5.32 Å². The largest absolute Gasteiger partial charge is 0.481 e. The first-order valence-corrected chi connectivity index (χ1v) is 6.40. The van der Waals surface area contributed by atoms with Gasteiger partial charge in [0.1, 0.15) is 0 Å². The molecule has 3 N–H and O–H groups in total. The van der Waals surface area contributed by atoms with Crippen LogP contribution in [-0.2, 0) is 4.79 Å².